The maximum Gasteiger partial charge on any atom is 0.320 e. The molecule has 0 bridgehead atoms. The lowest BCUT2D eigenvalue weighted by Gasteiger charge is -2.25. The van der Waals surface area contributed by atoms with Crippen LogP contribution >= 0.6 is 0 Å². The summed E-state index contributed by atoms with van der Waals surface area (Å²) in [7, 11) is -1.55. The van der Waals surface area contributed by atoms with E-state index in [1.165, 1.54) is 0 Å². The summed E-state index contributed by atoms with van der Waals surface area (Å²) in [5.74, 6) is -1.61. The molecule has 0 fully saturated rings. The van der Waals surface area contributed by atoms with Crippen molar-refractivity contribution in [3.8, 4) is 0 Å². The van der Waals surface area contributed by atoms with E-state index in [1.807, 2.05) is 0 Å². The Morgan fingerprint density at radius 3 is 1.78 bits per heavy atom. The van der Waals surface area contributed by atoms with Gasteiger partial charge in [-0.1, -0.05) is 32.5 Å². The van der Waals surface area contributed by atoms with Gasteiger partial charge in [0.2, 0.25) is 0 Å². The molecule has 0 saturated heterocycles. The van der Waals surface area contributed by atoms with Crippen molar-refractivity contribution in [2.75, 3.05) is 13.2 Å². The predicted molar refractivity (Wildman–Crippen MR) is 74.1 cm³/mol. The fourth-order valence-electron chi connectivity index (χ4n) is 2.08. The van der Waals surface area contributed by atoms with E-state index in [-0.39, 0.29) is 0 Å². The van der Waals surface area contributed by atoms with Crippen molar-refractivity contribution < 1.29 is 19.1 Å². The van der Waals surface area contributed by atoms with E-state index in [0.29, 0.717) is 19.3 Å². The number of ether oxygens (including phenoxy) is 2. The van der Waals surface area contributed by atoms with Gasteiger partial charge in [0.15, 0.2) is 5.92 Å². The third-order valence-corrected chi connectivity index (χ3v) is 6.19. The minimum Gasteiger partial charge on any atom is -0.465 e. The Morgan fingerprint density at radius 1 is 1.00 bits per heavy atom. The highest BCUT2D eigenvalue weighted by Gasteiger charge is 2.35. The lowest BCUT2D eigenvalue weighted by molar-refractivity contribution is -0.160. The van der Waals surface area contributed by atoms with Crippen molar-refractivity contribution in [1.29, 1.82) is 0 Å². The standard InChI is InChI=1S/C13H26O4Si/c1-6-9-18(4,5)10-11(12(14)16-7-2)13(15)17-8-3/h11H,6-10H2,1-5H3. The van der Waals surface area contributed by atoms with Gasteiger partial charge in [-0.2, -0.15) is 0 Å². The van der Waals surface area contributed by atoms with E-state index in [2.05, 4.69) is 20.0 Å². The molecule has 0 radical (unpaired) electrons. The fourth-order valence-corrected chi connectivity index (χ4v) is 5.08. The van der Waals surface area contributed by atoms with Crippen molar-refractivity contribution in [3.05, 3.63) is 0 Å². The lowest BCUT2D eigenvalue weighted by atomic mass is 10.2. The first kappa shape index (κ1) is 17.2. The molecular weight excluding hydrogens is 248 g/mol. The summed E-state index contributed by atoms with van der Waals surface area (Å²) in [5.41, 5.74) is 0. The van der Waals surface area contributed by atoms with Gasteiger partial charge in [0.05, 0.1) is 13.2 Å². The van der Waals surface area contributed by atoms with E-state index in [4.69, 9.17) is 9.47 Å². The van der Waals surface area contributed by atoms with Crippen LogP contribution < -0.4 is 0 Å². The van der Waals surface area contributed by atoms with Crippen molar-refractivity contribution >= 4 is 20.0 Å². The largest absolute Gasteiger partial charge is 0.465 e. The van der Waals surface area contributed by atoms with Crippen LogP contribution in [0.15, 0.2) is 0 Å². The Labute approximate surface area is 111 Å². The van der Waals surface area contributed by atoms with Gasteiger partial charge in [0, 0.05) is 8.07 Å². The van der Waals surface area contributed by atoms with E-state index >= 15 is 0 Å². The maximum absolute atomic E-state index is 11.8. The molecule has 0 aromatic heterocycles. The number of esters is 2. The monoisotopic (exact) mass is 274 g/mol. The Hall–Kier alpha value is -0.843. The summed E-state index contributed by atoms with van der Waals surface area (Å²) >= 11 is 0. The average Bonchev–Trinajstić information content (AvgIpc) is 2.26. The summed E-state index contributed by atoms with van der Waals surface area (Å²) in [5, 5.41) is 0. The smallest absolute Gasteiger partial charge is 0.320 e. The second kappa shape index (κ2) is 8.29. The fraction of sp³-hybridized carbons (Fsp3) is 0.846. The Morgan fingerprint density at radius 2 is 1.44 bits per heavy atom. The minimum atomic E-state index is -1.55. The Balaban J connectivity index is 4.76. The Kier molecular flexibility index (Phi) is 7.90. The summed E-state index contributed by atoms with van der Waals surface area (Å²) in [6, 6.07) is 1.71. The number of rotatable bonds is 8. The molecule has 0 aliphatic carbocycles. The van der Waals surface area contributed by atoms with Gasteiger partial charge < -0.3 is 9.47 Å². The maximum atomic E-state index is 11.8. The van der Waals surface area contributed by atoms with Crippen molar-refractivity contribution in [2.45, 2.75) is 52.4 Å². The Bertz CT molecular complexity index is 258. The highest BCUT2D eigenvalue weighted by Crippen LogP contribution is 2.24. The van der Waals surface area contributed by atoms with Crippen LogP contribution in [0.25, 0.3) is 0 Å². The zero-order valence-electron chi connectivity index (χ0n) is 12.2. The molecule has 18 heavy (non-hydrogen) atoms. The number of carbonyl (C=O) groups is 2. The second-order valence-corrected chi connectivity index (χ2v) is 10.4. The van der Waals surface area contributed by atoms with Crippen LogP contribution in [0, 0.1) is 5.92 Å². The SMILES string of the molecule is CCC[Si](C)(C)CC(C(=O)OCC)C(=O)OCC. The normalized spacial score (nSPS) is 11.4. The van der Waals surface area contributed by atoms with Crippen LogP contribution in [0.5, 0.6) is 0 Å². The van der Waals surface area contributed by atoms with E-state index in [0.717, 1.165) is 12.5 Å². The molecule has 0 aromatic carbocycles. The minimum absolute atomic E-state index is 0.296. The first-order valence-corrected chi connectivity index (χ1v) is 10.1. The molecule has 5 heteroatoms. The summed E-state index contributed by atoms with van der Waals surface area (Å²) in [6.07, 6.45) is 1.08. The summed E-state index contributed by atoms with van der Waals surface area (Å²) < 4.78 is 9.96. The first-order valence-electron chi connectivity index (χ1n) is 6.71. The number of hydrogen-bond acceptors (Lipinski definition) is 4. The summed E-state index contributed by atoms with van der Waals surface area (Å²) in [6.45, 7) is 10.6. The van der Waals surface area contributed by atoms with Crippen LogP contribution in [0.2, 0.25) is 25.2 Å². The topological polar surface area (TPSA) is 52.6 Å². The van der Waals surface area contributed by atoms with Crippen molar-refractivity contribution in [3.63, 3.8) is 0 Å². The molecule has 0 saturated carbocycles. The molecule has 0 atom stereocenters. The molecule has 4 nitrogen and oxygen atoms in total. The lowest BCUT2D eigenvalue weighted by Crippen LogP contribution is -2.37. The van der Waals surface area contributed by atoms with Gasteiger partial charge >= 0.3 is 11.9 Å². The van der Waals surface area contributed by atoms with E-state index in [1.54, 1.807) is 13.8 Å². The molecule has 0 N–H and O–H groups in total. The zero-order chi connectivity index (χ0) is 14.2. The van der Waals surface area contributed by atoms with E-state index in [9.17, 15) is 9.59 Å². The average molecular weight is 274 g/mol. The molecule has 0 unspecified atom stereocenters. The molecule has 0 aliphatic rings. The zero-order valence-corrected chi connectivity index (χ0v) is 13.2. The highest BCUT2D eigenvalue weighted by molar-refractivity contribution is 6.77. The van der Waals surface area contributed by atoms with Gasteiger partial charge in [-0.05, 0) is 19.9 Å². The predicted octanol–water partition coefficient (Wildman–Crippen LogP) is 2.85. The van der Waals surface area contributed by atoms with Crippen molar-refractivity contribution in [1.82, 2.24) is 0 Å². The molecule has 0 aliphatic heterocycles. The third kappa shape index (κ3) is 6.19. The second-order valence-electron chi connectivity index (χ2n) is 5.18. The molecule has 0 heterocycles. The molecule has 106 valence electrons. The molecule has 0 aromatic rings. The first-order chi connectivity index (χ1) is 8.37. The van der Waals surface area contributed by atoms with Gasteiger partial charge in [0.25, 0.3) is 0 Å². The molecule has 0 rings (SSSR count). The van der Waals surface area contributed by atoms with Gasteiger partial charge in [-0.15, -0.1) is 0 Å². The van der Waals surface area contributed by atoms with Gasteiger partial charge in [0.1, 0.15) is 0 Å². The highest BCUT2D eigenvalue weighted by atomic mass is 28.3. The van der Waals surface area contributed by atoms with Crippen LogP contribution in [0.4, 0.5) is 0 Å². The van der Waals surface area contributed by atoms with E-state index < -0.39 is 25.9 Å². The van der Waals surface area contributed by atoms with Gasteiger partial charge in [-0.3, -0.25) is 9.59 Å². The molecule has 0 spiro atoms. The molecular formula is C13H26O4Si. The van der Waals surface area contributed by atoms with Crippen LogP contribution in [0.1, 0.15) is 27.2 Å². The van der Waals surface area contributed by atoms with Crippen molar-refractivity contribution in [2.24, 2.45) is 5.92 Å². The number of carbonyl (C=O) groups excluding carboxylic acids is 2. The van der Waals surface area contributed by atoms with Crippen LogP contribution in [-0.2, 0) is 19.1 Å². The van der Waals surface area contributed by atoms with Crippen LogP contribution in [0.3, 0.4) is 0 Å². The third-order valence-electron chi connectivity index (χ3n) is 2.83. The van der Waals surface area contributed by atoms with Gasteiger partial charge in [-0.25, -0.2) is 0 Å². The quantitative estimate of drug-likeness (QED) is 0.388. The van der Waals surface area contributed by atoms with Crippen LogP contribution in [-0.4, -0.2) is 33.2 Å². The summed E-state index contributed by atoms with van der Waals surface area (Å²) in [4.78, 5) is 23.7. The molecule has 0 amide bonds. The number of hydrogen-bond donors (Lipinski definition) is 0.